The van der Waals surface area contributed by atoms with Crippen LogP contribution in [0.4, 0.5) is 13.2 Å². The number of hydrogen-bond donors (Lipinski definition) is 0. The molecule has 0 saturated carbocycles. The number of nitrogens with zero attached hydrogens (tertiary/aromatic N) is 2. The van der Waals surface area contributed by atoms with Crippen LogP contribution >= 0.6 is 11.6 Å². The fraction of sp³-hybridized carbons (Fsp3) is 0.417. The number of sulfonamides is 1. The second-order valence-corrected chi connectivity index (χ2v) is 6.78. The lowest BCUT2D eigenvalue weighted by Gasteiger charge is -2.27. The van der Waals surface area contributed by atoms with E-state index in [1.807, 2.05) is 0 Å². The van der Waals surface area contributed by atoms with Gasteiger partial charge in [-0.05, 0) is 32.0 Å². The summed E-state index contributed by atoms with van der Waals surface area (Å²) in [6.07, 6.45) is -4.67. The number of alkyl halides is 3. The van der Waals surface area contributed by atoms with Crippen molar-refractivity contribution in [2.75, 3.05) is 6.54 Å². The van der Waals surface area contributed by atoms with Gasteiger partial charge in [-0.25, -0.2) is 8.42 Å². The maximum Gasteiger partial charge on any atom is 0.402 e. The minimum absolute atomic E-state index is 0.117. The summed E-state index contributed by atoms with van der Waals surface area (Å²) < 4.78 is 62.6. The quantitative estimate of drug-likeness (QED) is 0.845. The van der Waals surface area contributed by atoms with Crippen LogP contribution in [0, 0.1) is 11.3 Å². The summed E-state index contributed by atoms with van der Waals surface area (Å²) >= 11 is 5.77. The Labute approximate surface area is 125 Å². The van der Waals surface area contributed by atoms with Crippen molar-refractivity contribution in [1.82, 2.24) is 4.31 Å². The molecule has 21 heavy (non-hydrogen) atoms. The van der Waals surface area contributed by atoms with Crippen molar-refractivity contribution >= 4 is 21.6 Å². The second-order valence-electron chi connectivity index (χ2n) is 4.52. The third-order valence-electron chi connectivity index (χ3n) is 2.56. The summed E-state index contributed by atoms with van der Waals surface area (Å²) in [5.74, 6) is 0. The van der Waals surface area contributed by atoms with Crippen LogP contribution in [0.1, 0.15) is 19.4 Å². The van der Waals surface area contributed by atoms with Crippen molar-refractivity contribution in [3.63, 3.8) is 0 Å². The van der Waals surface area contributed by atoms with E-state index in [0.717, 1.165) is 12.1 Å². The highest BCUT2D eigenvalue weighted by atomic mass is 35.5. The van der Waals surface area contributed by atoms with Crippen molar-refractivity contribution in [3.8, 4) is 6.07 Å². The van der Waals surface area contributed by atoms with Crippen LogP contribution in [0.25, 0.3) is 0 Å². The average molecular weight is 341 g/mol. The Hall–Kier alpha value is -1.30. The van der Waals surface area contributed by atoms with E-state index < -0.39 is 33.7 Å². The lowest BCUT2D eigenvalue weighted by Crippen LogP contribution is -2.43. The monoisotopic (exact) mass is 340 g/mol. The molecule has 1 rings (SSSR count). The van der Waals surface area contributed by atoms with Gasteiger partial charge in [-0.2, -0.15) is 22.7 Å². The highest BCUT2D eigenvalue weighted by Crippen LogP contribution is 2.29. The van der Waals surface area contributed by atoms with E-state index in [-0.39, 0.29) is 10.6 Å². The Morgan fingerprint density at radius 3 is 2.33 bits per heavy atom. The maximum atomic E-state index is 12.5. The van der Waals surface area contributed by atoms with Gasteiger partial charge < -0.3 is 0 Å². The fourth-order valence-corrected chi connectivity index (χ4v) is 3.77. The Morgan fingerprint density at radius 1 is 1.38 bits per heavy atom. The zero-order valence-electron chi connectivity index (χ0n) is 11.1. The topological polar surface area (TPSA) is 61.2 Å². The predicted molar refractivity (Wildman–Crippen MR) is 71.2 cm³/mol. The first-order valence-electron chi connectivity index (χ1n) is 5.77. The molecular weight excluding hydrogens is 329 g/mol. The van der Waals surface area contributed by atoms with Crippen molar-refractivity contribution < 1.29 is 21.6 Å². The predicted octanol–water partition coefficient (Wildman–Crippen LogP) is 3.17. The Morgan fingerprint density at radius 2 is 1.95 bits per heavy atom. The summed E-state index contributed by atoms with van der Waals surface area (Å²) in [6.45, 7) is 1.06. The molecule has 0 heterocycles. The number of benzene rings is 1. The molecule has 0 saturated heterocycles. The molecule has 0 amide bonds. The normalized spacial score (nSPS) is 12.7. The van der Waals surface area contributed by atoms with Crippen molar-refractivity contribution in [2.45, 2.75) is 31.0 Å². The summed E-state index contributed by atoms with van der Waals surface area (Å²) in [7, 11) is -4.42. The van der Waals surface area contributed by atoms with Gasteiger partial charge >= 0.3 is 6.18 Å². The van der Waals surface area contributed by atoms with Gasteiger partial charge in [-0.15, -0.1) is 0 Å². The molecule has 0 aliphatic rings. The molecule has 0 spiro atoms. The van der Waals surface area contributed by atoms with E-state index in [0.29, 0.717) is 4.31 Å². The third kappa shape index (κ3) is 4.33. The first-order chi connectivity index (χ1) is 9.49. The number of nitriles is 1. The molecule has 1 aromatic carbocycles. The number of rotatable bonds is 4. The Bertz CT molecular complexity index is 666. The molecule has 0 bridgehead atoms. The maximum absolute atomic E-state index is 12.5. The van der Waals surface area contributed by atoms with E-state index in [9.17, 15) is 21.6 Å². The van der Waals surface area contributed by atoms with Crippen LogP contribution in [-0.4, -0.2) is 31.5 Å². The molecule has 0 unspecified atom stereocenters. The molecular formula is C12H12ClF3N2O2S. The zero-order valence-corrected chi connectivity index (χ0v) is 12.7. The van der Waals surface area contributed by atoms with E-state index in [1.54, 1.807) is 6.07 Å². The van der Waals surface area contributed by atoms with E-state index >= 15 is 0 Å². The highest BCUT2D eigenvalue weighted by Gasteiger charge is 2.39. The average Bonchev–Trinajstić information content (AvgIpc) is 2.33. The molecule has 116 valence electrons. The van der Waals surface area contributed by atoms with Gasteiger partial charge in [0, 0.05) is 6.04 Å². The molecule has 0 aromatic heterocycles. The van der Waals surface area contributed by atoms with Gasteiger partial charge in [-0.1, -0.05) is 11.6 Å². The first-order valence-corrected chi connectivity index (χ1v) is 7.59. The molecule has 0 fully saturated rings. The lowest BCUT2D eigenvalue weighted by molar-refractivity contribution is -0.138. The highest BCUT2D eigenvalue weighted by molar-refractivity contribution is 7.89. The molecule has 0 atom stereocenters. The van der Waals surface area contributed by atoms with Gasteiger partial charge in [0.25, 0.3) is 0 Å². The first kappa shape index (κ1) is 17.8. The van der Waals surface area contributed by atoms with Crippen LogP contribution in [0.15, 0.2) is 23.1 Å². The molecule has 9 heteroatoms. The van der Waals surface area contributed by atoms with Gasteiger partial charge in [-0.3, -0.25) is 0 Å². The van der Waals surface area contributed by atoms with E-state index in [1.165, 1.54) is 19.9 Å². The summed E-state index contributed by atoms with van der Waals surface area (Å²) in [4.78, 5) is -0.457. The van der Waals surface area contributed by atoms with Gasteiger partial charge in [0.05, 0.1) is 16.7 Å². The van der Waals surface area contributed by atoms with Crippen LogP contribution in [0.3, 0.4) is 0 Å². The molecule has 0 radical (unpaired) electrons. The summed E-state index contributed by atoms with van der Waals surface area (Å²) in [6, 6.07) is 4.18. The number of halogens is 4. The van der Waals surface area contributed by atoms with Crippen LogP contribution in [0.5, 0.6) is 0 Å². The SMILES string of the molecule is CC(C)N(CC(F)(F)F)S(=O)(=O)c1ccc(C#N)cc1Cl. The minimum Gasteiger partial charge on any atom is -0.207 e. The number of hydrogen-bond acceptors (Lipinski definition) is 3. The largest absolute Gasteiger partial charge is 0.402 e. The standard InChI is InChI=1S/C12H12ClF3N2O2S/c1-8(2)18(7-12(14,15)16)21(19,20)11-4-3-9(6-17)5-10(11)13/h3-5,8H,7H2,1-2H3. The van der Waals surface area contributed by atoms with E-state index in [2.05, 4.69) is 0 Å². The van der Waals surface area contributed by atoms with E-state index in [4.69, 9.17) is 16.9 Å². The second kappa shape index (κ2) is 6.22. The van der Waals surface area contributed by atoms with Crippen LogP contribution in [0.2, 0.25) is 5.02 Å². The molecule has 0 aliphatic heterocycles. The van der Waals surface area contributed by atoms with Gasteiger partial charge in [0.1, 0.15) is 11.4 Å². The third-order valence-corrected chi connectivity index (χ3v) is 5.06. The molecule has 4 nitrogen and oxygen atoms in total. The Balaban J connectivity index is 3.34. The van der Waals surface area contributed by atoms with Crippen molar-refractivity contribution in [1.29, 1.82) is 5.26 Å². The summed E-state index contributed by atoms with van der Waals surface area (Å²) in [5, 5.41) is 8.40. The zero-order chi connectivity index (χ0) is 16.4. The fourth-order valence-electron chi connectivity index (χ4n) is 1.63. The molecule has 0 aliphatic carbocycles. The Kier molecular flexibility index (Phi) is 5.25. The van der Waals surface area contributed by atoms with Crippen LogP contribution in [-0.2, 0) is 10.0 Å². The lowest BCUT2D eigenvalue weighted by atomic mass is 10.2. The molecule has 1 aromatic rings. The smallest absolute Gasteiger partial charge is 0.207 e. The van der Waals surface area contributed by atoms with Crippen molar-refractivity contribution in [2.24, 2.45) is 0 Å². The van der Waals surface area contributed by atoms with Crippen LogP contribution < -0.4 is 0 Å². The van der Waals surface area contributed by atoms with Gasteiger partial charge in [0.2, 0.25) is 10.0 Å². The minimum atomic E-state index is -4.67. The van der Waals surface area contributed by atoms with Gasteiger partial charge in [0.15, 0.2) is 0 Å². The summed E-state index contributed by atoms with van der Waals surface area (Å²) in [5.41, 5.74) is 0.117. The van der Waals surface area contributed by atoms with Crippen molar-refractivity contribution in [3.05, 3.63) is 28.8 Å². The molecule has 0 N–H and O–H groups in total.